The average Bonchev–Trinajstić information content (AvgIpc) is 2.73. The van der Waals surface area contributed by atoms with Gasteiger partial charge in [0, 0.05) is 30.0 Å². The molecule has 0 saturated heterocycles. The van der Waals surface area contributed by atoms with Gasteiger partial charge in [-0.1, -0.05) is 12.1 Å². The summed E-state index contributed by atoms with van der Waals surface area (Å²) in [6.07, 6.45) is 0.484. The number of halogens is 1. The van der Waals surface area contributed by atoms with Gasteiger partial charge in [-0.2, -0.15) is 11.8 Å². The smallest absolute Gasteiger partial charge is 0.348 e. The summed E-state index contributed by atoms with van der Waals surface area (Å²) in [6.45, 7) is 2.17. The van der Waals surface area contributed by atoms with Crippen molar-refractivity contribution >= 4 is 17.5 Å². The first kappa shape index (κ1) is 15.8. The van der Waals surface area contributed by atoms with Gasteiger partial charge >= 0.3 is 5.63 Å². The van der Waals surface area contributed by atoms with Gasteiger partial charge in [0.1, 0.15) is 22.9 Å². The van der Waals surface area contributed by atoms with Gasteiger partial charge in [-0.15, -0.1) is 0 Å². The number of aryl methyl sites for hydroxylation is 1. The van der Waals surface area contributed by atoms with Crippen LogP contribution in [-0.2, 0) is 0 Å². The monoisotopic (exact) mass is 333 g/mol. The highest BCUT2D eigenvalue weighted by molar-refractivity contribution is 7.99. The Bertz CT molecular complexity index is 798. The van der Waals surface area contributed by atoms with Crippen molar-refractivity contribution in [2.75, 3.05) is 12.3 Å². The standard InChI is InChI=1S/C17H16FNO3S/c1-10-8-14(20)16(17(21)22-10)13-9-15(23-7-6-19-13)11-2-4-12(18)5-3-11/h2-5,8,15,20H,6-7,9H2,1H3. The molecule has 1 aromatic carbocycles. The predicted octanol–water partition coefficient (Wildman–Crippen LogP) is 3.46. The van der Waals surface area contributed by atoms with Gasteiger partial charge in [-0.25, -0.2) is 9.18 Å². The van der Waals surface area contributed by atoms with Gasteiger partial charge < -0.3 is 9.52 Å². The quantitative estimate of drug-likeness (QED) is 0.914. The molecule has 1 atom stereocenters. The Hall–Kier alpha value is -2.08. The molecule has 0 aliphatic carbocycles. The molecule has 23 heavy (non-hydrogen) atoms. The lowest BCUT2D eigenvalue weighted by Crippen LogP contribution is -2.17. The van der Waals surface area contributed by atoms with E-state index in [0.29, 0.717) is 24.4 Å². The molecule has 0 radical (unpaired) electrons. The minimum absolute atomic E-state index is 0.0527. The van der Waals surface area contributed by atoms with Gasteiger partial charge in [0.25, 0.3) is 0 Å². The molecular formula is C17H16FNO3S. The first-order valence-corrected chi connectivity index (χ1v) is 8.34. The second-order valence-corrected chi connectivity index (χ2v) is 6.66. The van der Waals surface area contributed by atoms with Gasteiger partial charge in [0.2, 0.25) is 0 Å². The Morgan fingerprint density at radius 1 is 1.35 bits per heavy atom. The fraction of sp³-hybridized carbons (Fsp3) is 0.294. The van der Waals surface area contributed by atoms with E-state index in [0.717, 1.165) is 11.3 Å². The van der Waals surface area contributed by atoms with Crippen molar-refractivity contribution in [3.63, 3.8) is 0 Å². The van der Waals surface area contributed by atoms with Crippen LogP contribution in [0.4, 0.5) is 4.39 Å². The number of hydrogen-bond donors (Lipinski definition) is 1. The van der Waals surface area contributed by atoms with E-state index in [1.54, 1.807) is 30.8 Å². The highest BCUT2D eigenvalue weighted by Crippen LogP contribution is 2.36. The van der Waals surface area contributed by atoms with Gasteiger partial charge in [-0.05, 0) is 24.6 Å². The van der Waals surface area contributed by atoms with Crippen molar-refractivity contribution in [2.45, 2.75) is 18.6 Å². The van der Waals surface area contributed by atoms with Crippen LogP contribution in [0.1, 0.15) is 28.6 Å². The van der Waals surface area contributed by atoms with Crippen molar-refractivity contribution < 1.29 is 13.9 Å². The average molecular weight is 333 g/mol. The Morgan fingerprint density at radius 2 is 2.09 bits per heavy atom. The molecule has 1 aliphatic rings. The fourth-order valence-corrected chi connectivity index (χ4v) is 3.72. The second kappa shape index (κ2) is 6.58. The molecule has 1 unspecified atom stereocenters. The number of rotatable bonds is 2. The van der Waals surface area contributed by atoms with Crippen LogP contribution < -0.4 is 5.63 Å². The maximum absolute atomic E-state index is 13.1. The molecule has 2 heterocycles. The molecule has 2 aromatic rings. The number of hydrogen-bond acceptors (Lipinski definition) is 5. The molecule has 0 spiro atoms. The topological polar surface area (TPSA) is 62.8 Å². The highest BCUT2D eigenvalue weighted by atomic mass is 32.2. The Morgan fingerprint density at radius 3 is 2.78 bits per heavy atom. The van der Waals surface area contributed by atoms with Crippen molar-refractivity contribution in [1.82, 2.24) is 0 Å². The molecule has 0 saturated carbocycles. The lowest BCUT2D eigenvalue weighted by Gasteiger charge is -2.15. The van der Waals surface area contributed by atoms with E-state index >= 15 is 0 Å². The normalized spacial score (nSPS) is 18.3. The summed E-state index contributed by atoms with van der Waals surface area (Å²) in [5, 5.41) is 10.2. The number of thioether (sulfide) groups is 1. The molecule has 6 heteroatoms. The Labute approximate surface area is 137 Å². The van der Waals surface area contributed by atoms with Gasteiger partial charge in [-0.3, -0.25) is 4.99 Å². The van der Waals surface area contributed by atoms with Crippen LogP contribution in [0.2, 0.25) is 0 Å². The fourth-order valence-electron chi connectivity index (χ4n) is 2.61. The second-order valence-electron chi connectivity index (χ2n) is 5.35. The number of nitrogens with zero attached hydrogens (tertiary/aromatic N) is 1. The molecule has 0 bridgehead atoms. The van der Waals surface area contributed by atoms with Crippen LogP contribution in [-0.4, -0.2) is 23.1 Å². The Kier molecular flexibility index (Phi) is 4.52. The summed E-state index contributed by atoms with van der Waals surface area (Å²) in [4.78, 5) is 16.5. The molecule has 1 aliphatic heterocycles. The van der Waals surface area contributed by atoms with Gasteiger partial charge in [0.05, 0.1) is 5.71 Å². The SMILES string of the molecule is Cc1cc(O)c(C2=NCCSC(c3ccc(F)cc3)C2)c(=O)o1. The van der Waals surface area contributed by atoms with Crippen molar-refractivity contribution in [1.29, 1.82) is 0 Å². The maximum atomic E-state index is 13.1. The summed E-state index contributed by atoms with van der Waals surface area (Å²) < 4.78 is 18.2. The Balaban J connectivity index is 1.95. The highest BCUT2D eigenvalue weighted by Gasteiger charge is 2.23. The maximum Gasteiger partial charge on any atom is 0.348 e. The summed E-state index contributed by atoms with van der Waals surface area (Å²) in [6, 6.07) is 7.76. The molecular weight excluding hydrogens is 317 g/mol. The predicted molar refractivity (Wildman–Crippen MR) is 89.0 cm³/mol. The first-order valence-electron chi connectivity index (χ1n) is 7.29. The van der Waals surface area contributed by atoms with Crippen LogP contribution in [0.25, 0.3) is 0 Å². The van der Waals surface area contributed by atoms with E-state index in [-0.39, 0.29) is 22.4 Å². The van der Waals surface area contributed by atoms with Crippen molar-refractivity contribution in [2.24, 2.45) is 4.99 Å². The molecule has 3 rings (SSSR count). The number of aliphatic imine (C=N–C) groups is 1. The molecule has 1 N–H and O–H groups in total. The molecule has 0 fully saturated rings. The van der Waals surface area contributed by atoms with Crippen molar-refractivity contribution in [3.05, 3.63) is 63.5 Å². The minimum Gasteiger partial charge on any atom is -0.507 e. The number of benzene rings is 1. The summed E-state index contributed by atoms with van der Waals surface area (Å²) >= 11 is 1.70. The zero-order valence-corrected chi connectivity index (χ0v) is 13.4. The number of aromatic hydroxyl groups is 1. The molecule has 1 aromatic heterocycles. The van der Waals surface area contributed by atoms with E-state index in [2.05, 4.69) is 4.99 Å². The molecule has 120 valence electrons. The summed E-state index contributed by atoms with van der Waals surface area (Å²) in [7, 11) is 0. The van der Waals surface area contributed by atoms with Gasteiger partial charge in [0.15, 0.2) is 0 Å². The van der Waals surface area contributed by atoms with E-state index in [1.165, 1.54) is 18.2 Å². The third-order valence-electron chi connectivity index (χ3n) is 3.68. The largest absolute Gasteiger partial charge is 0.507 e. The minimum atomic E-state index is -0.578. The van der Waals surface area contributed by atoms with Crippen LogP contribution >= 0.6 is 11.8 Å². The van der Waals surface area contributed by atoms with Crippen molar-refractivity contribution in [3.8, 4) is 5.75 Å². The zero-order valence-electron chi connectivity index (χ0n) is 12.6. The van der Waals surface area contributed by atoms with E-state index in [9.17, 15) is 14.3 Å². The third-order valence-corrected chi connectivity index (χ3v) is 4.94. The van der Waals surface area contributed by atoms with Crippen LogP contribution in [0.3, 0.4) is 0 Å². The third kappa shape index (κ3) is 3.47. The molecule has 0 amide bonds. The first-order chi connectivity index (χ1) is 11.0. The zero-order chi connectivity index (χ0) is 16.4. The lowest BCUT2D eigenvalue weighted by molar-refractivity contribution is 0.432. The lowest BCUT2D eigenvalue weighted by atomic mass is 10.0. The van der Waals surface area contributed by atoms with Crippen LogP contribution in [0.15, 0.2) is 44.5 Å². The van der Waals surface area contributed by atoms with Crippen LogP contribution in [0.5, 0.6) is 5.75 Å². The summed E-state index contributed by atoms with van der Waals surface area (Å²) in [5.74, 6) is 0.763. The van der Waals surface area contributed by atoms with Crippen LogP contribution in [0, 0.1) is 12.7 Å². The van der Waals surface area contributed by atoms with E-state index in [4.69, 9.17) is 4.42 Å². The van der Waals surface area contributed by atoms with E-state index < -0.39 is 5.63 Å². The van der Waals surface area contributed by atoms with E-state index in [1.807, 2.05) is 0 Å². The molecule has 4 nitrogen and oxygen atoms in total. The summed E-state index contributed by atoms with van der Waals surface area (Å²) in [5.41, 5.74) is 1.06.